The smallest absolute Gasteiger partial charge is 0.223 e. The van der Waals surface area contributed by atoms with Gasteiger partial charge in [0.05, 0.1) is 0 Å². The van der Waals surface area contributed by atoms with Gasteiger partial charge in [0.1, 0.15) is 5.75 Å². The summed E-state index contributed by atoms with van der Waals surface area (Å²) in [7, 11) is 0. The summed E-state index contributed by atoms with van der Waals surface area (Å²) in [5, 5.41) is 9.44. The summed E-state index contributed by atoms with van der Waals surface area (Å²) >= 11 is 0. The molecule has 1 amide bonds. The van der Waals surface area contributed by atoms with Crippen LogP contribution in [0, 0.1) is 0 Å². The number of hydrogen-bond donors (Lipinski definition) is 1. The second-order valence-corrected chi connectivity index (χ2v) is 5.50. The van der Waals surface area contributed by atoms with Gasteiger partial charge in [0.15, 0.2) is 0 Å². The molecular weight excluding hydrogens is 262 g/mol. The lowest BCUT2D eigenvalue weighted by molar-refractivity contribution is -0.132. The SMILES string of the molecule is O=C(CCc1cccc(O)c1)N1CCc2ccccc2C1. The molecule has 1 aliphatic heterocycles. The third kappa shape index (κ3) is 3.24. The highest BCUT2D eigenvalue weighted by Crippen LogP contribution is 2.20. The largest absolute Gasteiger partial charge is 0.508 e. The molecule has 3 nitrogen and oxygen atoms in total. The van der Waals surface area contributed by atoms with Crippen LogP contribution in [0.15, 0.2) is 48.5 Å². The second kappa shape index (κ2) is 6.00. The van der Waals surface area contributed by atoms with Gasteiger partial charge in [-0.25, -0.2) is 0 Å². The van der Waals surface area contributed by atoms with Crippen molar-refractivity contribution in [3.63, 3.8) is 0 Å². The Balaban J connectivity index is 1.59. The van der Waals surface area contributed by atoms with E-state index in [1.54, 1.807) is 12.1 Å². The van der Waals surface area contributed by atoms with Crippen LogP contribution in [0.2, 0.25) is 0 Å². The first-order chi connectivity index (χ1) is 10.2. The van der Waals surface area contributed by atoms with Crippen LogP contribution in [-0.4, -0.2) is 22.5 Å². The van der Waals surface area contributed by atoms with E-state index in [1.807, 2.05) is 23.1 Å². The Labute approximate surface area is 124 Å². The number of aryl methyl sites for hydroxylation is 1. The summed E-state index contributed by atoms with van der Waals surface area (Å²) in [5.74, 6) is 0.444. The fourth-order valence-corrected chi connectivity index (χ4v) is 2.83. The van der Waals surface area contributed by atoms with E-state index in [2.05, 4.69) is 18.2 Å². The minimum Gasteiger partial charge on any atom is -0.508 e. The fourth-order valence-electron chi connectivity index (χ4n) is 2.83. The third-order valence-corrected chi connectivity index (χ3v) is 4.02. The maximum Gasteiger partial charge on any atom is 0.223 e. The van der Waals surface area contributed by atoms with E-state index < -0.39 is 0 Å². The van der Waals surface area contributed by atoms with Crippen LogP contribution in [0.5, 0.6) is 5.75 Å². The molecule has 0 aromatic heterocycles. The number of fused-ring (bicyclic) bond motifs is 1. The van der Waals surface area contributed by atoms with Crippen molar-refractivity contribution in [1.29, 1.82) is 0 Å². The lowest BCUT2D eigenvalue weighted by Gasteiger charge is -2.29. The third-order valence-electron chi connectivity index (χ3n) is 4.02. The molecule has 0 saturated carbocycles. The van der Waals surface area contributed by atoms with Crippen molar-refractivity contribution in [3.8, 4) is 5.75 Å². The van der Waals surface area contributed by atoms with Gasteiger partial charge >= 0.3 is 0 Å². The number of benzene rings is 2. The van der Waals surface area contributed by atoms with Crippen molar-refractivity contribution in [2.24, 2.45) is 0 Å². The van der Waals surface area contributed by atoms with Crippen LogP contribution in [0.4, 0.5) is 0 Å². The zero-order chi connectivity index (χ0) is 14.7. The van der Waals surface area contributed by atoms with Gasteiger partial charge in [-0.3, -0.25) is 4.79 Å². The molecule has 3 heteroatoms. The molecule has 0 radical (unpaired) electrons. The Morgan fingerprint density at radius 1 is 1.10 bits per heavy atom. The molecule has 1 heterocycles. The molecule has 0 fully saturated rings. The van der Waals surface area contributed by atoms with E-state index in [-0.39, 0.29) is 11.7 Å². The summed E-state index contributed by atoms with van der Waals surface area (Å²) in [6.07, 6.45) is 2.10. The molecule has 0 unspecified atom stereocenters. The maximum atomic E-state index is 12.3. The van der Waals surface area contributed by atoms with Gasteiger partial charge in [-0.2, -0.15) is 0 Å². The predicted octanol–water partition coefficient (Wildman–Crippen LogP) is 2.91. The quantitative estimate of drug-likeness (QED) is 0.939. The number of nitrogens with zero attached hydrogens (tertiary/aromatic N) is 1. The van der Waals surface area contributed by atoms with Crippen molar-refractivity contribution < 1.29 is 9.90 Å². The number of rotatable bonds is 3. The highest BCUT2D eigenvalue weighted by Gasteiger charge is 2.19. The van der Waals surface area contributed by atoms with Crippen LogP contribution in [0.1, 0.15) is 23.1 Å². The molecule has 2 aromatic carbocycles. The average molecular weight is 281 g/mol. The summed E-state index contributed by atoms with van der Waals surface area (Å²) in [6, 6.07) is 15.4. The van der Waals surface area contributed by atoms with Gasteiger partial charge in [0, 0.05) is 19.5 Å². The molecule has 108 valence electrons. The Hall–Kier alpha value is -2.29. The molecule has 1 aliphatic rings. The highest BCUT2D eigenvalue weighted by atomic mass is 16.3. The highest BCUT2D eigenvalue weighted by molar-refractivity contribution is 5.76. The first-order valence-electron chi connectivity index (χ1n) is 7.35. The van der Waals surface area contributed by atoms with Gasteiger partial charge < -0.3 is 10.0 Å². The van der Waals surface area contributed by atoms with E-state index in [4.69, 9.17) is 0 Å². The fraction of sp³-hybridized carbons (Fsp3) is 0.278. The van der Waals surface area contributed by atoms with E-state index >= 15 is 0 Å². The van der Waals surface area contributed by atoms with Gasteiger partial charge in [-0.1, -0.05) is 36.4 Å². The van der Waals surface area contributed by atoms with Crippen LogP contribution >= 0.6 is 0 Å². The normalized spacial score (nSPS) is 13.8. The van der Waals surface area contributed by atoms with Gasteiger partial charge in [-0.05, 0) is 41.7 Å². The number of carbonyl (C=O) groups excluding carboxylic acids is 1. The van der Waals surface area contributed by atoms with Gasteiger partial charge in [0.2, 0.25) is 5.91 Å². The Morgan fingerprint density at radius 3 is 2.71 bits per heavy atom. The zero-order valence-electron chi connectivity index (χ0n) is 12.0. The Kier molecular flexibility index (Phi) is 3.91. The first-order valence-corrected chi connectivity index (χ1v) is 7.35. The van der Waals surface area contributed by atoms with Crippen LogP contribution in [-0.2, 0) is 24.2 Å². The maximum absolute atomic E-state index is 12.3. The van der Waals surface area contributed by atoms with Crippen LogP contribution in [0.25, 0.3) is 0 Å². The summed E-state index contributed by atoms with van der Waals surface area (Å²) in [5.41, 5.74) is 3.62. The standard InChI is InChI=1S/C18H19NO2/c20-17-7-3-4-14(12-17)8-9-18(21)19-11-10-15-5-1-2-6-16(15)13-19/h1-7,12,20H,8-11,13H2. The molecule has 2 aromatic rings. The van der Waals surface area contributed by atoms with Gasteiger partial charge in [0.25, 0.3) is 0 Å². The van der Waals surface area contributed by atoms with E-state index in [9.17, 15) is 9.90 Å². The molecule has 0 bridgehead atoms. The second-order valence-electron chi connectivity index (χ2n) is 5.50. The molecule has 21 heavy (non-hydrogen) atoms. The Bertz CT molecular complexity index is 651. The summed E-state index contributed by atoms with van der Waals surface area (Å²) < 4.78 is 0. The molecule has 0 spiro atoms. The van der Waals surface area contributed by atoms with Crippen LogP contribution < -0.4 is 0 Å². The summed E-state index contributed by atoms with van der Waals surface area (Å²) in [6.45, 7) is 1.52. The molecule has 3 rings (SSSR count). The average Bonchev–Trinajstić information content (AvgIpc) is 2.52. The molecule has 1 N–H and O–H groups in total. The molecule has 0 aliphatic carbocycles. The summed E-state index contributed by atoms with van der Waals surface area (Å²) in [4.78, 5) is 14.3. The Morgan fingerprint density at radius 2 is 1.90 bits per heavy atom. The monoisotopic (exact) mass is 281 g/mol. The van der Waals surface area contributed by atoms with E-state index in [0.717, 1.165) is 25.1 Å². The minimum absolute atomic E-state index is 0.188. The predicted molar refractivity (Wildman–Crippen MR) is 82.0 cm³/mol. The lowest BCUT2D eigenvalue weighted by Crippen LogP contribution is -2.36. The van der Waals surface area contributed by atoms with E-state index in [1.165, 1.54) is 11.1 Å². The number of carbonyl (C=O) groups is 1. The number of phenolic OH excluding ortho intramolecular Hbond substituents is 1. The van der Waals surface area contributed by atoms with Crippen molar-refractivity contribution >= 4 is 5.91 Å². The number of amides is 1. The first kappa shape index (κ1) is 13.7. The number of phenols is 1. The number of hydrogen-bond acceptors (Lipinski definition) is 2. The molecular formula is C18H19NO2. The van der Waals surface area contributed by atoms with Crippen molar-refractivity contribution in [2.45, 2.75) is 25.8 Å². The van der Waals surface area contributed by atoms with Crippen LogP contribution in [0.3, 0.4) is 0 Å². The molecule has 0 atom stereocenters. The van der Waals surface area contributed by atoms with Crippen molar-refractivity contribution in [3.05, 3.63) is 65.2 Å². The van der Waals surface area contributed by atoms with Crippen molar-refractivity contribution in [2.75, 3.05) is 6.54 Å². The zero-order valence-corrected chi connectivity index (χ0v) is 12.0. The van der Waals surface area contributed by atoms with Crippen molar-refractivity contribution in [1.82, 2.24) is 4.90 Å². The van der Waals surface area contributed by atoms with E-state index in [0.29, 0.717) is 12.8 Å². The minimum atomic E-state index is 0.188. The van der Waals surface area contributed by atoms with Gasteiger partial charge in [-0.15, -0.1) is 0 Å². The lowest BCUT2D eigenvalue weighted by atomic mass is 9.99. The molecule has 0 saturated heterocycles. The number of aromatic hydroxyl groups is 1. The topological polar surface area (TPSA) is 40.5 Å².